The average molecular weight is 300 g/mol. The molecule has 0 radical (unpaired) electrons. The Morgan fingerprint density at radius 2 is 2.00 bits per heavy atom. The van der Waals surface area contributed by atoms with Gasteiger partial charge in [-0.3, -0.25) is 5.10 Å². The summed E-state index contributed by atoms with van der Waals surface area (Å²) in [7, 11) is 1.69. The molecule has 0 atom stereocenters. The zero-order valence-corrected chi connectivity index (χ0v) is 11.4. The Bertz CT molecular complexity index is 629. The molecule has 0 aliphatic carbocycles. The minimum atomic E-state index is -4.11. The predicted molar refractivity (Wildman–Crippen MR) is 72.2 cm³/mol. The number of piperidine rings is 1. The molecule has 0 amide bonds. The third-order valence-corrected chi connectivity index (χ3v) is 3.77. The summed E-state index contributed by atoms with van der Waals surface area (Å²) in [6, 6.07) is 0. The van der Waals surface area contributed by atoms with E-state index in [1.807, 2.05) is 4.90 Å². The number of H-pyrrole nitrogens is 1. The van der Waals surface area contributed by atoms with Crippen molar-refractivity contribution in [3.05, 3.63) is 6.20 Å². The Morgan fingerprint density at radius 3 is 2.62 bits per heavy atom. The van der Waals surface area contributed by atoms with Crippen molar-refractivity contribution in [1.29, 1.82) is 0 Å². The van der Waals surface area contributed by atoms with Crippen molar-refractivity contribution in [3.8, 4) is 0 Å². The summed E-state index contributed by atoms with van der Waals surface area (Å²) in [5.74, 6) is -0.183. The molecule has 6 nitrogen and oxygen atoms in total. The zero-order chi connectivity index (χ0) is 15.0. The third-order valence-electron chi connectivity index (χ3n) is 3.77. The van der Waals surface area contributed by atoms with Gasteiger partial charge in [0.2, 0.25) is 5.95 Å². The van der Waals surface area contributed by atoms with E-state index in [2.05, 4.69) is 25.5 Å². The summed E-state index contributed by atoms with van der Waals surface area (Å²) in [6.07, 6.45) is -2.34. The van der Waals surface area contributed by atoms with Gasteiger partial charge in [0, 0.05) is 20.1 Å². The number of hydrogen-bond acceptors (Lipinski definition) is 5. The minimum Gasteiger partial charge on any atom is -0.357 e. The van der Waals surface area contributed by atoms with Gasteiger partial charge in [-0.05, 0) is 12.8 Å². The van der Waals surface area contributed by atoms with Crippen LogP contribution < -0.4 is 10.2 Å². The fourth-order valence-electron chi connectivity index (χ4n) is 2.59. The molecule has 0 bridgehead atoms. The fourth-order valence-corrected chi connectivity index (χ4v) is 2.59. The van der Waals surface area contributed by atoms with Gasteiger partial charge in [-0.15, -0.1) is 0 Å². The normalized spacial score (nSPS) is 17.4. The van der Waals surface area contributed by atoms with Crippen molar-refractivity contribution in [2.75, 3.05) is 30.4 Å². The molecule has 0 spiro atoms. The highest BCUT2D eigenvalue weighted by Gasteiger charge is 2.41. The molecule has 0 aromatic carbocycles. The van der Waals surface area contributed by atoms with Crippen LogP contribution >= 0.6 is 0 Å². The second-order valence-electron chi connectivity index (χ2n) is 5.06. The van der Waals surface area contributed by atoms with Crippen molar-refractivity contribution in [2.45, 2.75) is 19.0 Å². The number of alkyl halides is 3. The first-order valence-electron chi connectivity index (χ1n) is 6.69. The third kappa shape index (κ3) is 2.59. The Morgan fingerprint density at radius 1 is 1.29 bits per heavy atom. The van der Waals surface area contributed by atoms with Crippen molar-refractivity contribution in [1.82, 2.24) is 20.2 Å². The lowest BCUT2D eigenvalue weighted by Crippen LogP contribution is -2.39. The molecule has 0 saturated carbocycles. The lowest BCUT2D eigenvalue weighted by Gasteiger charge is -2.33. The van der Waals surface area contributed by atoms with Gasteiger partial charge < -0.3 is 10.2 Å². The van der Waals surface area contributed by atoms with E-state index in [0.717, 1.165) is 5.39 Å². The van der Waals surface area contributed by atoms with Crippen molar-refractivity contribution < 1.29 is 13.2 Å². The molecule has 2 aromatic rings. The summed E-state index contributed by atoms with van der Waals surface area (Å²) in [5, 5.41) is 10.2. The minimum absolute atomic E-state index is 0.0851. The van der Waals surface area contributed by atoms with Gasteiger partial charge in [-0.2, -0.15) is 28.2 Å². The van der Waals surface area contributed by atoms with Crippen LogP contribution in [0.4, 0.5) is 24.9 Å². The number of anilines is 2. The topological polar surface area (TPSA) is 69.7 Å². The monoisotopic (exact) mass is 300 g/mol. The van der Waals surface area contributed by atoms with Crippen LogP contribution in [0.25, 0.3) is 11.0 Å². The molecule has 1 saturated heterocycles. The summed E-state index contributed by atoms with van der Waals surface area (Å²) < 4.78 is 38.2. The number of fused-ring (bicyclic) bond motifs is 1. The first kappa shape index (κ1) is 13.9. The van der Waals surface area contributed by atoms with E-state index in [1.54, 1.807) is 13.2 Å². The average Bonchev–Trinajstić information content (AvgIpc) is 2.93. The van der Waals surface area contributed by atoms with E-state index >= 15 is 0 Å². The summed E-state index contributed by atoms with van der Waals surface area (Å²) >= 11 is 0. The van der Waals surface area contributed by atoms with E-state index in [4.69, 9.17) is 0 Å². The van der Waals surface area contributed by atoms with E-state index in [-0.39, 0.29) is 12.8 Å². The van der Waals surface area contributed by atoms with E-state index < -0.39 is 12.1 Å². The van der Waals surface area contributed by atoms with Gasteiger partial charge in [0.25, 0.3) is 0 Å². The number of nitrogens with zero attached hydrogens (tertiary/aromatic N) is 4. The van der Waals surface area contributed by atoms with Gasteiger partial charge in [-0.1, -0.05) is 0 Å². The van der Waals surface area contributed by atoms with Crippen LogP contribution in [0.1, 0.15) is 12.8 Å². The number of aromatic nitrogens is 4. The summed E-state index contributed by atoms with van der Waals surface area (Å²) in [5.41, 5.74) is 0.572. The zero-order valence-electron chi connectivity index (χ0n) is 11.4. The van der Waals surface area contributed by atoms with Crippen molar-refractivity contribution in [3.63, 3.8) is 0 Å². The van der Waals surface area contributed by atoms with Crippen LogP contribution in [-0.2, 0) is 0 Å². The van der Waals surface area contributed by atoms with Gasteiger partial charge in [-0.25, -0.2) is 0 Å². The SMILES string of the molecule is CNc1nc(N2CCC(C(F)(F)F)CC2)c2cn[nH]c2n1. The Hall–Kier alpha value is -2.06. The maximum absolute atomic E-state index is 12.7. The molecule has 9 heteroatoms. The summed E-state index contributed by atoms with van der Waals surface area (Å²) in [4.78, 5) is 10.4. The molecule has 2 aromatic heterocycles. The Kier molecular flexibility index (Phi) is 3.34. The van der Waals surface area contributed by atoms with Crippen LogP contribution in [0.3, 0.4) is 0 Å². The fraction of sp³-hybridized carbons (Fsp3) is 0.583. The van der Waals surface area contributed by atoms with Crippen LogP contribution in [-0.4, -0.2) is 46.5 Å². The first-order valence-corrected chi connectivity index (χ1v) is 6.69. The quantitative estimate of drug-likeness (QED) is 0.889. The highest BCUT2D eigenvalue weighted by Crippen LogP contribution is 2.36. The van der Waals surface area contributed by atoms with E-state index in [1.165, 1.54) is 0 Å². The molecule has 114 valence electrons. The second-order valence-corrected chi connectivity index (χ2v) is 5.06. The number of nitrogens with one attached hydrogen (secondary N) is 2. The van der Waals surface area contributed by atoms with Gasteiger partial charge >= 0.3 is 6.18 Å². The number of rotatable bonds is 2. The molecule has 2 N–H and O–H groups in total. The van der Waals surface area contributed by atoms with E-state index in [0.29, 0.717) is 30.5 Å². The van der Waals surface area contributed by atoms with Crippen LogP contribution in [0.2, 0.25) is 0 Å². The Labute approximate surface area is 118 Å². The van der Waals surface area contributed by atoms with Crippen molar-refractivity contribution in [2.24, 2.45) is 5.92 Å². The van der Waals surface area contributed by atoms with E-state index in [9.17, 15) is 13.2 Å². The number of hydrogen-bond donors (Lipinski definition) is 2. The van der Waals surface area contributed by atoms with Crippen LogP contribution in [0.15, 0.2) is 6.20 Å². The van der Waals surface area contributed by atoms with Gasteiger partial charge in [0.15, 0.2) is 5.65 Å². The van der Waals surface area contributed by atoms with Gasteiger partial charge in [0.1, 0.15) is 5.82 Å². The highest BCUT2D eigenvalue weighted by atomic mass is 19.4. The van der Waals surface area contributed by atoms with Crippen LogP contribution in [0, 0.1) is 5.92 Å². The van der Waals surface area contributed by atoms with Gasteiger partial charge in [0.05, 0.1) is 17.5 Å². The van der Waals surface area contributed by atoms with Crippen molar-refractivity contribution >= 4 is 22.8 Å². The standard InChI is InChI=1S/C12H15F3N6/c1-16-11-18-9-8(6-17-20-9)10(19-11)21-4-2-7(3-5-21)12(13,14)15/h6-7H,2-5H2,1H3,(H2,16,17,18,19,20). The number of aromatic amines is 1. The number of halogens is 3. The first-order chi connectivity index (χ1) is 9.99. The molecule has 3 heterocycles. The lowest BCUT2D eigenvalue weighted by molar-refractivity contribution is -0.179. The smallest absolute Gasteiger partial charge is 0.357 e. The largest absolute Gasteiger partial charge is 0.391 e. The molecule has 1 fully saturated rings. The predicted octanol–water partition coefficient (Wildman–Crippen LogP) is 2.17. The Balaban J connectivity index is 1.86. The molecular formula is C12H15F3N6. The van der Waals surface area contributed by atoms with Crippen LogP contribution in [0.5, 0.6) is 0 Å². The maximum atomic E-state index is 12.7. The highest BCUT2D eigenvalue weighted by molar-refractivity contribution is 5.87. The molecule has 3 rings (SSSR count). The lowest BCUT2D eigenvalue weighted by atomic mass is 9.96. The molecule has 1 aliphatic heterocycles. The maximum Gasteiger partial charge on any atom is 0.391 e. The molecule has 0 unspecified atom stereocenters. The molecule has 21 heavy (non-hydrogen) atoms. The molecule has 1 aliphatic rings. The second kappa shape index (κ2) is 5.05. The molecular weight excluding hydrogens is 285 g/mol. The summed E-state index contributed by atoms with van der Waals surface area (Å²) in [6.45, 7) is 0.648.